The van der Waals surface area contributed by atoms with E-state index in [2.05, 4.69) is 0 Å². The first-order chi connectivity index (χ1) is 15.1. The highest BCUT2D eigenvalue weighted by molar-refractivity contribution is 5.79. The van der Waals surface area contributed by atoms with Crippen molar-refractivity contribution in [1.29, 1.82) is 0 Å². The van der Waals surface area contributed by atoms with E-state index >= 15 is 0 Å². The van der Waals surface area contributed by atoms with Gasteiger partial charge in [0.2, 0.25) is 18.3 Å². The van der Waals surface area contributed by atoms with Crippen LogP contribution in [0.1, 0.15) is 22.6 Å². The molecule has 1 fully saturated rings. The van der Waals surface area contributed by atoms with E-state index in [4.69, 9.17) is 33.2 Å². The van der Waals surface area contributed by atoms with Gasteiger partial charge in [-0.05, 0) is 35.7 Å². The van der Waals surface area contributed by atoms with Gasteiger partial charge in [-0.3, -0.25) is 4.79 Å². The van der Waals surface area contributed by atoms with E-state index in [0.29, 0.717) is 47.5 Å². The van der Waals surface area contributed by atoms with Crippen molar-refractivity contribution in [1.82, 2.24) is 0 Å². The quantitative estimate of drug-likeness (QED) is 0.673. The highest BCUT2D eigenvalue weighted by Gasteiger charge is 2.49. The summed E-state index contributed by atoms with van der Waals surface area (Å²) in [5.41, 5.74) is 2.79. The third-order valence-corrected chi connectivity index (χ3v) is 6.37. The third kappa shape index (κ3) is 2.85. The van der Waals surface area contributed by atoms with Crippen LogP contribution < -0.4 is 28.4 Å². The lowest BCUT2D eigenvalue weighted by Gasteiger charge is -2.35. The van der Waals surface area contributed by atoms with Crippen LogP contribution >= 0.6 is 0 Å². The minimum Gasteiger partial charge on any atom is -0.493 e. The van der Waals surface area contributed by atoms with Crippen LogP contribution in [0.2, 0.25) is 0 Å². The molecule has 0 N–H and O–H groups in total. The van der Waals surface area contributed by atoms with E-state index in [1.54, 1.807) is 28.4 Å². The first kappa shape index (κ1) is 19.7. The zero-order chi connectivity index (χ0) is 21.7. The van der Waals surface area contributed by atoms with Gasteiger partial charge >= 0.3 is 5.97 Å². The molecule has 8 heteroatoms. The van der Waals surface area contributed by atoms with E-state index in [-0.39, 0.29) is 30.5 Å². The Labute approximate surface area is 179 Å². The maximum atomic E-state index is 12.9. The van der Waals surface area contributed by atoms with Crippen molar-refractivity contribution >= 4 is 5.97 Å². The van der Waals surface area contributed by atoms with Crippen molar-refractivity contribution < 1.29 is 38.0 Å². The predicted octanol–water partition coefficient (Wildman–Crippen LogP) is 2.93. The largest absolute Gasteiger partial charge is 0.493 e. The number of rotatable bonds is 5. The molecule has 0 saturated carbocycles. The van der Waals surface area contributed by atoms with Crippen LogP contribution in [-0.2, 0) is 16.0 Å². The Morgan fingerprint density at radius 2 is 1.65 bits per heavy atom. The van der Waals surface area contributed by atoms with Crippen LogP contribution in [0.4, 0.5) is 0 Å². The fraction of sp³-hybridized carbons (Fsp3) is 0.435. The Hall–Kier alpha value is -3.29. The Morgan fingerprint density at radius 1 is 0.871 bits per heavy atom. The number of benzene rings is 2. The van der Waals surface area contributed by atoms with E-state index in [1.807, 2.05) is 18.2 Å². The van der Waals surface area contributed by atoms with Gasteiger partial charge in [0.1, 0.15) is 0 Å². The molecule has 5 rings (SSSR count). The zero-order valence-corrected chi connectivity index (χ0v) is 17.9. The summed E-state index contributed by atoms with van der Waals surface area (Å²) in [7, 11) is 6.34. The smallest absolute Gasteiger partial charge is 0.310 e. The summed E-state index contributed by atoms with van der Waals surface area (Å²) in [6.45, 7) is 0.511. The lowest BCUT2D eigenvalue weighted by atomic mass is 9.67. The molecule has 1 unspecified atom stereocenters. The van der Waals surface area contributed by atoms with Crippen LogP contribution in [0.5, 0.6) is 34.5 Å². The summed E-state index contributed by atoms with van der Waals surface area (Å²) in [5.74, 6) is 2.48. The monoisotopic (exact) mass is 428 g/mol. The summed E-state index contributed by atoms with van der Waals surface area (Å²) < 4.78 is 39.2. The molecular weight excluding hydrogens is 404 g/mol. The van der Waals surface area contributed by atoms with Gasteiger partial charge in [0.25, 0.3) is 0 Å². The predicted molar refractivity (Wildman–Crippen MR) is 109 cm³/mol. The van der Waals surface area contributed by atoms with Gasteiger partial charge in [-0.25, -0.2) is 0 Å². The van der Waals surface area contributed by atoms with Crippen molar-refractivity contribution in [2.24, 2.45) is 11.8 Å². The number of hydrogen-bond donors (Lipinski definition) is 0. The minimum absolute atomic E-state index is 0.0456. The van der Waals surface area contributed by atoms with Gasteiger partial charge < -0.3 is 33.2 Å². The lowest BCUT2D eigenvalue weighted by Crippen LogP contribution is -2.32. The molecule has 31 heavy (non-hydrogen) atoms. The topological polar surface area (TPSA) is 81.7 Å². The Balaban J connectivity index is 1.78. The molecule has 0 spiro atoms. The molecule has 2 aromatic carbocycles. The van der Waals surface area contributed by atoms with Gasteiger partial charge in [0.15, 0.2) is 23.0 Å². The van der Waals surface area contributed by atoms with E-state index < -0.39 is 0 Å². The van der Waals surface area contributed by atoms with Crippen LogP contribution in [0.25, 0.3) is 0 Å². The molecule has 1 saturated heterocycles. The summed E-state index contributed by atoms with van der Waals surface area (Å²) in [6, 6.07) is 5.77. The molecule has 1 aliphatic carbocycles. The van der Waals surface area contributed by atoms with Crippen molar-refractivity contribution in [2.75, 3.05) is 41.8 Å². The molecular formula is C23H24O8. The molecule has 0 aromatic heterocycles. The Kier molecular flexibility index (Phi) is 4.72. The first-order valence-corrected chi connectivity index (χ1v) is 10.1. The number of methoxy groups -OCH3 is 4. The number of carbonyl (C=O) groups excluding carboxylic acids is 1. The van der Waals surface area contributed by atoms with Crippen molar-refractivity contribution in [2.45, 2.75) is 12.3 Å². The molecule has 3 aliphatic rings. The molecule has 8 nitrogen and oxygen atoms in total. The maximum absolute atomic E-state index is 12.9. The number of cyclic esters (lactones) is 1. The van der Waals surface area contributed by atoms with Crippen LogP contribution in [0.3, 0.4) is 0 Å². The van der Waals surface area contributed by atoms with Gasteiger partial charge in [0, 0.05) is 17.4 Å². The van der Waals surface area contributed by atoms with Gasteiger partial charge in [-0.2, -0.15) is 0 Å². The summed E-state index contributed by atoms with van der Waals surface area (Å²) in [5, 5.41) is 0. The number of fused-ring (bicyclic) bond motifs is 3. The van der Waals surface area contributed by atoms with E-state index in [0.717, 1.165) is 16.7 Å². The molecule has 164 valence electrons. The summed E-state index contributed by atoms with van der Waals surface area (Å²) >= 11 is 0. The van der Waals surface area contributed by atoms with Crippen molar-refractivity contribution in [3.63, 3.8) is 0 Å². The standard InChI is InChI=1S/C23H24O8/c1-25-14-7-12(8-16-20(14)31-10-30-16)17-18-11(5-13-9-29-23(24)19(13)17)6-15(26-2)21(27-3)22(18)28-4/h6-8,13,17,19H,5,9-10H2,1-4H3/t13?,17-,19-/m0/s1. The minimum atomic E-state index is -0.357. The van der Waals surface area contributed by atoms with Gasteiger partial charge in [-0.1, -0.05) is 0 Å². The fourth-order valence-corrected chi connectivity index (χ4v) is 5.08. The fourth-order valence-electron chi connectivity index (χ4n) is 5.08. The summed E-state index contributed by atoms with van der Waals surface area (Å²) in [4.78, 5) is 12.9. The second kappa shape index (κ2) is 7.44. The molecule has 2 heterocycles. The lowest BCUT2D eigenvalue weighted by molar-refractivity contribution is -0.141. The Morgan fingerprint density at radius 3 is 2.35 bits per heavy atom. The number of ether oxygens (including phenoxy) is 7. The second-order valence-electron chi connectivity index (χ2n) is 7.77. The highest BCUT2D eigenvalue weighted by atomic mass is 16.7. The average molecular weight is 428 g/mol. The first-order valence-electron chi connectivity index (χ1n) is 10.1. The zero-order valence-electron chi connectivity index (χ0n) is 17.9. The molecule has 2 aromatic rings. The maximum Gasteiger partial charge on any atom is 0.310 e. The molecule has 2 aliphatic heterocycles. The average Bonchev–Trinajstić information content (AvgIpc) is 3.42. The number of hydrogen-bond acceptors (Lipinski definition) is 8. The van der Waals surface area contributed by atoms with Gasteiger partial charge in [0.05, 0.1) is 41.0 Å². The van der Waals surface area contributed by atoms with E-state index in [9.17, 15) is 4.79 Å². The molecule has 0 amide bonds. The number of carbonyl (C=O) groups is 1. The molecule has 3 atom stereocenters. The second-order valence-corrected chi connectivity index (χ2v) is 7.77. The van der Waals surface area contributed by atoms with Crippen LogP contribution in [-0.4, -0.2) is 47.8 Å². The van der Waals surface area contributed by atoms with Crippen molar-refractivity contribution in [3.05, 3.63) is 34.9 Å². The Bertz CT molecular complexity index is 1050. The normalized spacial score (nSPS) is 23.0. The highest BCUT2D eigenvalue weighted by Crippen LogP contribution is 2.56. The number of esters is 1. The summed E-state index contributed by atoms with van der Waals surface area (Å²) in [6.07, 6.45) is 0.681. The van der Waals surface area contributed by atoms with Crippen LogP contribution in [0.15, 0.2) is 18.2 Å². The SMILES string of the molecule is COc1cc([C@H]2c3c(cc(OC)c(OC)c3OC)CC3COC(=O)[C@@H]32)cc2c1OCO2. The van der Waals surface area contributed by atoms with Gasteiger partial charge in [-0.15, -0.1) is 0 Å². The molecule has 0 radical (unpaired) electrons. The molecule has 0 bridgehead atoms. The van der Waals surface area contributed by atoms with E-state index in [1.165, 1.54) is 0 Å². The third-order valence-electron chi connectivity index (χ3n) is 6.37. The van der Waals surface area contributed by atoms with Crippen LogP contribution in [0, 0.1) is 11.8 Å². The van der Waals surface area contributed by atoms with Crippen molar-refractivity contribution in [3.8, 4) is 34.5 Å².